The van der Waals surface area contributed by atoms with E-state index in [1.165, 1.54) is 47.3 Å². The third-order valence-electron chi connectivity index (χ3n) is 6.61. The van der Waals surface area contributed by atoms with Gasteiger partial charge in [0.05, 0.1) is 5.92 Å². The average molecular weight is 606 g/mol. The highest BCUT2D eigenvalue weighted by atomic mass is 33.1. The maximum atomic E-state index is 12.3. The van der Waals surface area contributed by atoms with Crippen LogP contribution >= 0.6 is 21.6 Å². The molecular formula is C29H55N3O6S2. The second-order valence-electron chi connectivity index (χ2n) is 11.2. The van der Waals surface area contributed by atoms with Crippen LogP contribution in [0.1, 0.15) is 96.3 Å². The quantitative estimate of drug-likeness (QED) is 0.0811. The van der Waals surface area contributed by atoms with E-state index in [1.807, 2.05) is 0 Å². The summed E-state index contributed by atoms with van der Waals surface area (Å²) in [5.74, 6) is -2.87. The van der Waals surface area contributed by atoms with E-state index in [9.17, 15) is 29.4 Å². The van der Waals surface area contributed by atoms with Crippen LogP contribution in [-0.2, 0) is 19.2 Å². The van der Waals surface area contributed by atoms with Gasteiger partial charge >= 0.3 is 11.9 Å². The molecule has 234 valence electrons. The Morgan fingerprint density at radius 1 is 0.625 bits per heavy atom. The first-order valence-corrected chi connectivity index (χ1v) is 17.3. The molecule has 9 nitrogen and oxygen atoms in total. The summed E-state index contributed by atoms with van der Waals surface area (Å²) >= 11 is 0. The van der Waals surface area contributed by atoms with Crippen LogP contribution in [0.2, 0.25) is 0 Å². The van der Waals surface area contributed by atoms with Crippen molar-refractivity contribution >= 4 is 45.2 Å². The average Bonchev–Trinajstić information content (AvgIpc) is 2.87. The second kappa shape index (κ2) is 25.4. The van der Waals surface area contributed by atoms with Crippen molar-refractivity contribution in [1.82, 2.24) is 15.1 Å². The highest BCUT2D eigenvalue weighted by Crippen LogP contribution is 2.27. The maximum absolute atomic E-state index is 12.3. The van der Waals surface area contributed by atoms with E-state index in [0.29, 0.717) is 12.8 Å². The summed E-state index contributed by atoms with van der Waals surface area (Å²) in [5, 5.41) is 21.6. The van der Waals surface area contributed by atoms with Gasteiger partial charge in [-0.05, 0) is 67.0 Å². The Hall–Kier alpha value is -1.30. The molecule has 2 atom stereocenters. The standard InChI is InChI=1S/C29H55N3O6S2/c1-31(2)19-15-11-7-5-9-13-17-25(33)21-24(28(35)36)22-39-40-23-26(29(37)38)30-27(34)18-14-10-6-8-12-16-20-32(3)4/h24,26H,5-23H2,1-4H3,(H,30,34)(H,35,36)(H,37,38). The summed E-state index contributed by atoms with van der Waals surface area (Å²) in [6.45, 7) is 2.18. The third-order valence-corrected chi connectivity index (χ3v) is 9.11. The largest absolute Gasteiger partial charge is 0.481 e. The molecular weight excluding hydrogens is 550 g/mol. The molecule has 0 heterocycles. The number of ketones is 1. The zero-order valence-corrected chi connectivity index (χ0v) is 27.0. The number of unbranched alkanes of at least 4 members (excludes halogenated alkanes) is 10. The summed E-state index contributed by atoms with van der Waals surface area (Å²) in [5.41, 5.74) is 0. The number of hydrogen-bond donors (Lipinski definition) is 3. The summed E-state index contributed by atoms with van der Waals surface area (Å²) in [6, 6.07) is -1.02. The fraction of sp³-hybridized carbons (Fsp3) is 0.862. The Morgan fingerprint density at radius 3 is 1.55 bits per heavy atom. The summed E-state index contributed by atoms with van der Waals surface area (Å²) in [7, 11) is 10.7. The van der Waals surface area contributed by atoms with E-state index < -0.39 is 23.9 Å². The lowest BCUT2D eigenvalue weighted by molar-refractivity contribution is -0.143. The van der Waals surface area contributed by atoms with Crippen molar-refractivity contribution in [2.45, 2.75) is 102 Å². The number of nitrogens with one attached hydrogen (secondary N) is 1. The zero-order valence-electron chi connectivity index (χ0n) is 25.3. The van der Waals surface area contributed by atoms with E-state index in [0.717, 1.165) is 64.5 Å². The van der Waals surface area contributed by atoms with Gasteiger partial charge in [0, 0.05) is 30.8 Å². The molecule has 0 saturated heterocycles. The number of carbonyl (C=O) groups is 4. The van der Waals surface area contributed by atoms with Crippen LogP contribution in [0.25, 0.3) is 0 Å². The van der Waals surface area contributed by atoms with E-state index >= 15 is 0 Å². The highest BCUT2D eigenvalue weighted by molar-refractivity contribution is 8.76. The Labute approximate surface area is 250 Å². The fourth-order valence-electron chi connectivity index (χ4n) is 4.16. The molecule has 3 N–H and O–H groups in total. The first-order valence-electron chi connectivity index (χ1n) is 14.8. The predicted octanol–water partition coefficient (Wildman–Crippen LogP) is 5.18. The van der Waals surface area contributed by atoms with Crippen molar-refractivity contribution in [3.05, 3.63) is 0 Å². The molecule has 0 aromatic carbocycles. The molecule has 0 rings (SSSR count). The number of amides is 1. The van der Waals surface area contributed by atoms with Gasteiger partial charge in [0.2, 0.25) is 5.91 Å². The van der Waals surface area contributed by atoms with Crippen LogP contribution in [0, 0.1) is 5.92 Å². The summed E-state index contributed by atoms with van der Waals surface area (Å²) < 4.78 is 0. The minimum Gasteiger partial charge on any atom is -0.481 e. The molecule has 0 aliphatic carbocycles. The SMILES string of the molecule is CN(C)CCCCCCCCC(=O)CC(CSSCC(NC(=O)CCCCCCCCN(C)C)C(=O)O)C(=O)O. The van der Waals surface area contributed by atoms with Crippen molar-refractivity contribution in [2.75, 3.05) is 52.8 Å². The monoisotopic (exact) mass is 605 g/mol. The molecule has 0 spiro atoms. The lowest BCUT2D eigenvalue weighted by Crippen LogP contribution is -2.42. The van der Waals surface area contributed by atoms with E-state index in [4.69, 9.17) is 0 Å². The third kappa shape index (κ3) is 24.5. The van der Waals surface area contributed by atoms with Crippen LogP contribution in [0.5, 0.6) is 0 Å². The molecule has 40 heavy (non-hydrogen) atoms. The van der Waals surface area contributed by atoms with Crippen LogP contribution in [0.15, 0.2) is 0 Å². The number of nitrogens with zero attached hydrogens (tertiary/aromatic N) is 2. The number of carboxylic acids is 2. The molecule has 1 amide bonds. The normalized spacial score (nSPS) is 12.9. The summed E-state index contributed by atoms with van der Waals surface area (Å²) in [6.07, 6.45) is 13.3. The minimum atomic E-state index is -1.11. The van der Waals surface area contributed by atoms with Crippen molar-refractivity contribution in [2.24, 2.45) is 5.92 Å². The first kappa shape index (κ1) is 38.7. The van der Waals surface area contributed by atoms with Crippen LogP contribution in [0.3, 0.4) is 0 Å². The Balaban J connectivity index is 4.10. The number of carbonyl (C=O) groups excluding carboxylic acids is 2. The van der Waals surface area contributed by atoms with Gasteiger partial charge in [-0.15, -0.1) is 0 Å². The van der Waals surface area contributed by atoms with Crippen molar-refractivity contribution in [1.29, 1.82) is 0 Å². The molecule has 0 aliphatic heterocycles. The lowest BCUT2D eigenvalue weighted by Gasteiger charge is -2.15. The molecule has 0 saturated carbocycles. The number of aliphatic carboxylic acids is 2. The highest BCUT2D eigenvalue weighted by Gasteiger charge is 2.23. The Morgan fingerprint density at radius 2 is 1.07 bits per heavy atom. The smallest absolute Gasteiger partial charge is 0.327 e. The first-order chi connectivity index (χ1) is 19.0. The lowest BCUT2D eigenvalue weighted by atomic mass is 10.0. The van der Waals surface area contributed by atoms with Gasteiger partial charge in [-0.3, -0.25) is 14.4 Å². The molecule has 2 unspecified atom stereocenters. The van der Waals surface area contributed by atoms with Crippen LogP contribution in [0.4, 0.5) is 0 Å². The van der Waals surface area contributed by atoms with Gasteiger partial charge in [0.25, 0.3) is 0 Å². The molecule has 0 aromatic rings. The number of hydrogen-bond acceptors (Lipinski definition) is 8. The Bertz CT molecular complexity index is 651. The number of Topliss-reactive ketones (excluding diaryl/α,β-unsaturated/α-hetero) is 1. The molecule has 0 aliphatic rings. The summed E-state index contributed by atoms with van der Waals surface area (Å²) in [4.78, 5) is 52.1. The van der Waals surface area contributed by atoms with Crippen molar-refractivity contribution in [3.63, 3.8) is 0 Å². The number of rotatable bonds is 28. The van der Waals surface area contributed by atoms with Crippen LogP contribution < -0.4 is 5.32 Å². The van der Waals surface area contributed by atoms with Gasteiger partial charge in [0.15, 0.2) is 0 Å². The molecule has 0 radical (unpaired) electrons. The predicted molar refractivity (Wildman–Crippen MR) is 167 cm³/mol. The van der Waals surface area contributed by atoms with Gasteiger partial charge < -0.3 is 25.3 Å². The maximum Gasteiger partial charge on any atom is 0.327 e. The fourth-order valence-corrected chi connectivity index (χ4v) is 6.62. The van der Waals surface area contributed by atoms with Gasteiger partial charge in [-0.1, -0.05) is 73.0 Å². The number of carboxylic acid groups (broad SMARTS) is 2. The van der Waals surface area contributed by atoms with E-state index in [2.05, 4.69) is 43.3 Å². The van der Waals surface area contributed by atoms with Crippen molar-refractivity contribution < 1.29 is 29.4 Å². The van der Waals surface area contributed by atoms with Gasteiger partial charge in [-0.2, -0.15) is 0 Å². The van der Waals surface area contributed by atoms with E-state index in [1.54, 1.807) is 0 Å². The van der Waals surface area contributed by atoms with Gasteiger partial charge in [0.1, 0.15) is 11.8 Å². The molecule has 0 fully saturated rings. The molecule has 11 heteroatoms. The Kier molecular flexibility index (Phi) is 24.6. The van der Waals surface area contributed by atoms with Gasteiger partial charge in [-0.25, -0.2) is 4.79 Å². The molecule has 0 aromatic heterocycles. The minimum absolute atomic E-state index is 0.000472. The zero-order chi connectivity index (χ0) is 30.2. The van der Waals surface area contributed by atoms with Crippen molar-refractivity contribution in [3.8, 4) is 0 Å². The second-order valence-corrected chi connectivity index (χ2v) is 13.7. The topological polar surface area (TPSA) is 127 Å². The van der Waals surface area contributed by atoms with Crippen LogP contribution in [-0.4, -0.2) is 102 Å². The molecule has 0 bridgehead atoms. The van der Waals surface area contributed by atoms with E-state index in [-0.39, 0.29) is 29.6 Å².